The van der Waals surface area contributed by atoms with Crippen LogP contribution in [-0.4, -0.2) is 15.7 Å². The van der Waals surface area contributed by atoms with Crippen LogP contribution in [0.5, 0.6) is 0 Å². The maximum absolute atomic E-state index is 13.2. The van der Waals surface area contributed by atoms with E-state index in [1.54, 1.807) is 10.7 Å². The summed E-state index contributed by atoms with van der Waals surface area (Å²) in [6, 6.07) is 26.9. The first-order chi connectivity index (χ1) is 14.5. The van der Waals surface area contributed by atoms with Crippen LogP contribution in [0.1, 0.15) is 34.6 Å². The maximum atomic E-state index is 13.2. The fraction of sp³-hybridized carbons (Fsp3) is 0.120. The molecule has 0 saturated carbocycles. The van der Waals surface area contributed by atoms with E-state index < -0.39 is 0 Å². The summed E-state index contributed by atoms with van der Waals surface area (Å²) in [7, 11) is 0. The molecule has 1 heterocycles. The summed E-state index contributed by atoms with van der Waals surface area (Å²) in [6.07, 6.45) is 0. The number of aromatic nitrogens is 2. The van der Waals surface area contributed by atoms with Gasteiger partial charge in [0, 0.05) is 5.56 Å². The van der Waals surface area contributed by atoms with Gasteiger partial charge in [0.2, 0.25) is 0 Å². The zero-order valence-electron chi connectivity index (χ0n) is 16.8. The first kappa shape index (κ1) is 19.9. The Bertz CT molecular complexity index is 1170. The Labute approximate surface area is 181 Å². The van der Waals surface area contributed by atoms with E-state index in [2.05, 4.69) is 5.32 Å². The molecule has 0 aliphatic carbocycles. The number of amides is 1. The first-order valence-electron chi connectivity index (χ1n) is 9.81. The number of nitrogens with one attached hydrogen (secondary N) is 1. The van der Waals surface area contributed by atoms with Gasteiger partial charge in [-0.2, -0.15) is 5.10 Å². The molecule has 0 radical (unpaired) electrons. The summed E-state index contributed by atoms with van der Waals surface area (Å²) >= 11 is 6.38. The normalized spacial score (nSPS) is 11.8. The highest BCUT2D eigenvalue weighted by molar-refractivity contribution is 6.33. The average Bonchev–Trinajstić information content (AvgIpc) is 3.20. The van der Waals surface area contributed by atoms with Crippen molar-refractivity contribution in [3.05, 3.63) is 107 Å². The van der Waals surface area contributed by atoms with Gasteiger partial charge in [-0.15, -0.1) is 0 Å². The van der Waals surface area contributed by atoms with Gasteiger partial charge in [0.1, 0.15) is 5.69 Å². The molecule has 3 aromatic carbocycles. The first-order valence-corrected chi connectivity index (χ1v) is 10.2. The molecular weight excluding hydrogens is 394 g/mol. The zero-order chi connectivity index (χ0) is 21.1. The molecule has 4 nitrogen and oxygen atoms in total. The molecule has 1 N–H and O–H groups in total. The Morgan fingerprint density at radius 2 is 1.63 bits per heavy atom. The van der Waals surface area contributed by atoms with Gasteiger partial charge in [-0.3, -0.25) is 4.79 Å². The SMILES string of the molecule is Cc1ccc(-n2nc(-c3ccccc3Cl)cc2C(=O)NC(C)c2ccccc2)cc1. The topological polar surface area (TPSA) is 46.9 Å². The van der Waals surface area contributed by atoms with E-state index in [9.17, 15) is 4.79 Å². The van der Waals surface area contributed by atoms with Crippen molar-refractivity contribution in [3.8, 4) is 16.9 Å². The quantitative estimate of drug-likeness (QED) is 0.435. The fourth-order valence-corrected chi connectivity index (χ4v) is 3.55. The van der Waals surface area contributed by atoms with E-state index in [1.807, 2.05) is 92.7 Å². The maximum Gasteiger partial charge on any atom is 0.270 e. The molecule has 4 aromatic rings. The van der Waals surface area contributed by atoms with Crippen molar-refractivity contribution in [1.82, 2.24) is 15.1 Å². The highest BCUT2D eigenvalue weighted by Crippen LogP contribution is 2.28. The third-order valence-electron chi connectivity index (χ3n) is 5.02. The number of rotatable bonds is 5. The lowest BCUT2D eigenvalue weighted by Gasteiger charge is -2.15. The summed E-state index contributed by atoms with van der Waals surface area (Å²) in [4.78, 5) is 13.2. The van der Waals surface area contributed by atoms with Crippen molar-refractivity contribution in [2.75, 3.05) is 0 Å². The van der Waals surface area contributed by atoms with E-state index in [0.717, 1.165) is 22.4 Å². The van der Waals surface area contributed by atoms with E-state index in [1.165, 1.54) is 0 Å². The number of halogens is 1. The third kappa shape index (κ3) is 4.14. The minimum absolute atomic E-state index is 0.135. The van der Waals surface area contributed by atoms with Gasteiger partial charge in [0.15, 0.2) is 0 Å². The average molecular weight is 416 g/mol. The van der Waals surface area contributed by atoms with Crippen LogP contribution in [0.3, 0.4) is 0 Å². The molecule has 150 valence electrons. The molecule has 4 rings (SSSR count). The second-order valence-electron chi connectivity index (χ2n) is 7.25. The van der Waals surface area contributed by atoms with Gasteiger partial charge in [-0.25, -0.2) is 4.68 Å². The number of benzene rings is 3. The monoisotopic (exact) mass is 415 g/mol. The van der Waals surface area contributed by atoms with E-state index in [4.69, 9.17) is 16.7 Å². The van der Waals surface area contributed by atoms with Crippen LogP contribution in [-0.2, 0) is 0 Å². The van der Waals surface area contributed by atoms with Gasteiger partial charge < -0.3 is 5.32 Å². The molecule has 0 aliphatic heterocycles. The molecule has 30 heavy (non-hydrogen) atoms. The molecule has 1 atom stereocenters. The van der Waals surface area contributed by atoms with Crippen molar-refractivity contribution >= 4 is 17.5 Å². The molecule has 1 amide bonds. The minimum atomic E-state index is -0.197. The highest BCUT2D eigenvalue weighted by Gasteiger charge is 2.20. The van der Waals surface area contributed by atoms with Crippen LogP contribution >= 0.6 is 11.6 Å². The number of carbonyl (C=O) groups excluding carboxylic acids is 1. The summed E-state index contributed by atoms with van der Waals surface area (Å²) in [5.74, 6) is -0.197. The summed E-state index contributed by atoms with van der Waals surface area (Å²) in [5, 5.41) is 8.39. The van der Waals surface area contributed by atoms with Crippen LogP contribution in [0.4, 0.5) is 0 Å². The van der Waals surface area contributed by atoms with Crippen LogP contribution in [0.25, 0.3) is 16.9 Å². The fourth-order valence-electron chi connectivity index (χ4n) is 3.32. The number of nitrogens with zero attached hydrogens (tertiary/aromatic N) is 2. The molecule has 1 unspecified atom stereocenters. The Hall–Kier alpha value is -3.37. The molecule has 5 heteroatoms. The lowest BCUT2D eigenvalue weighted by atomic mass is 10.1. The molecule has 0 aliphatic rings. The van der Waals surface area contributed by atoms with Gasteiger partial charge >= 0.3 is 0 Å². The third-order valence-corrected chi connectivity index (χ3v) is 5.35. The van der Waals surface area contributed by atoms with Crippen molar-refractivity contribution in [2.24, 2.45) is 0 Å². The second-order valence-corrected chi connectivity index (χ2v) is 7.66. The number of hydrogen-bond acceptors (Lipinski definition) is 2. The Morgan fingerprint density at radius 1 is 0.967 bits per heavy atom. The standard InChI is InChI=1S/C25H22ClN3O/c1-17-12-14-20(15-13-17)29-24(16-23(28-29)21-10-6-7-11-22(21)26)25(30)27-18(2)19-8-4-3-5-9-19/h3-16,18H,1-2H3,(H,27,30). The molecule has 0 bridgehead atoms. The summed E-state index contributed by atoms with van der Waals surface area (Å²) < 4.78 is 1.67. The predicted octanol–water partition coefficient (Wildman–Crippen LogP) is 5.99. The predicted molar refractivity (Wildman–Crippen MR) is 121 cm³/mol. The molecule has 0 fully saturated rings. The van der Waals surface area contributed by atoms with Crippen LogP contribution in [0.15, 0.2) is 84.9 Å². The molecule has 1 aromatic heterocycles. The highest BCUT2D eigenvalue weighted by atomic mass is 35.5. The van der Waals surface area contributed by atoms with Gasteiger partial charge in [0.05, 0.1) is 22.4 Å². The number of aryl methyl sites for hydroxylation is 1. The van der Waals surface area contributed by atoms with Crippen molar-refractivity contribution < 1.29 is 4.79 Å². The van der Waals surface area contributed by atoms with Crippen LogP contribution in [0.2, 0.25) is 5.02 Å². The number of hydrogen-bond donors (Lipinski definition) is 1. The van der Waals surface area contributed by atoms with Gasteiger partial charge in [-0.1, -0.05) is 77.8 Å². The lowest BCUT2D eigenvalue weighted by molar-refractivity contribution is 0.0932. The largest absolute Gasteiger partial charge is 0.344 e. The summed E-state index contributed by atoms with van der Waals surface area (Å²) in [6.45, 7) is 3.99. The van der Waals surface area contributed by atoms with Crippen molar-refractivity contribution in [3.63, 3.8) is 0 Å². The smallest absolute Gasteiger partial charge is 0.270 e. The van der Waals surface area contributed by atoms with Gasteiger partial charge in [-0.05, 0) is 43.7 Å². The van der Waals surface area contributed by atoms with Crippen LogP contribution in [0, 0.1) is 6.92 Å². The van der Waals surface area contributed by atoms with Crippen molar-refractivity contribution in [2.45, 2.75) is 19.9 Å². The Kier molecular flexibility index (Phi) is 5.68. The Balaban J connectivity index is 1.74. The minimum Gasteiger partial charge on any atom is -0.344 e. The second kappa shape index (κ2) is 8.56. The molecule has 0 spiro atoms. The number of carbonyl (C=O) groups is 1. The van der Waals surface area contributed by atoms with Gasteiger partial charge in [0.25, 0.3) is 5.91 Å². The van der Waals surface area contributed by atoms with E-state index in [-0.39, 0.29) is 11.9 Å². The molecule has 0 saturated heterocycles. The van der Waals surface area contributed by atoms with E-state index in [0.29, 0.717) is 16.4 Å². The zero-order valence-corrected chi connectivity index (χ0v) is 17.6. The Morgan fingerprint density at radius 3 is 2.33 bits per heavy atom. The van der Waals surface area contributed by atoms with E-state index >= 15 is 0 Å². The van der Waals surface area contributed by atoms with Crippen molar-refractivity contribution in [1.29, 1.82) is 0 Å². The lowest BCUT2D eigenvalue weighted by Crippen LogP contribution is -2.28. The summed E-state index contributed by atoms with van der Waals surface area (Å²) in [5.41, 5.74) is 4.89. The molecular formula is C25H22ClN3O. The van der Waals surface area contributed by atoms with Crippen LogP contribution < -0.4 is 5.32 Å².